The lowest BCUT2D eigenvalue weighted by atomic mass is 10.2. The number of hydrogen-bond donors (Lipinski definition) is 2. The minimum atomic E-state index is -1.19. The minimum Gasteiger partial charge on any atom is -0.449 e. The van der Waals surface area contributed by atoms with E-state index in [1.165, 1.54) is 49.4 Å². The molecule has 0 aliphatic rings. The predicted molar refractivity (Wildman–Crippen MR) is 92.5 cm³/mol. The van der Waals surface area contributed by atoms with Crippen LogP contribution in [-0.4, -0.2) is 22.9 Å². The third-order valence-corrected chi connectivity index (χ3v) is 3.48. The molecule has 1 amide bonds. The lowest BCUT2D eigenvalue weighted by Gasteiger charge is -2.14. The summed E-state index contributed by atoms with van der Waals surface area (Å²) in [5.41, 5.74) is 5.61. The number of para-hydroxylation sites is 2. The van der Waals surface area contributed by atoms with Crippen molar-refractivity contribution in [2.24, 2.45) is 0 Å². The fourth-order valence-electron chi connectivity index (χ4n) is 1.97. The highest BCUT2D eigenvalue weighted by molar-refractivity contribution is 6.31. The molecule has 2 aromatic rings. The maximum Gasteiger partial charge on any atom is 0.341 e. The third-order valence-electron chi connectivity index (χ3n) is 3.25. The lowest BCUT2D eigenvalue weighted by Crippen LogP contribution is -2.30. The van der Waals surface area contributed by atoms with Crippen molar-refractivity contribution < 1.29 is 19.2 Å². The molecular weight excluding hydrogens is 350 g/mol. The van der Waals surface area contributed by atoms with Gasteiger partial charge in [-0.1, -0.05) is 23.7 Å². The van der Waals surface area contributed by atoms with Crippen molar-refractivity contribution in [2.75, 3.05) is 11.1 Å². The SMILES string of the molecule is C[C@@H](OC(=O)c1ccc(Cl)cc1N)C(=O)Nc1ccccc1[N+](=O)[O-]. The summed E-state index contributed by atoms with van der Waals surface area (Å²) < 4.78 is 5.05. The van der Waals surface area contributed by atoms with E-state index >= 15 is 0 Å². The van der Waals surface area contributed by atoms with Crippen LogP contribution in [0.2, 0.25) is 5.02 Å². The quantitative estimate of drug-likeness (QED) is 0.364. The molecule has 0 heterocycles. The summed E-state index contributed by atoms with van der Waals surface area (Å²) in [5.74, 6) is -1.52. The van der Waals surface area contributed by atoms with Crippen LogP contribution in [-0.2, 0) is 9.53 Å². The Labute approximate surface area is 147 Å². The molecule has 0 bridgehead atoms. The first-order valence-corrected chi connectivity index (χ1v) is 7.47. The number of nitro groups is 1. The summed E-state index contributed by atoms with van der Waals surface area (Å²) >= 11 is 5.76. The van der Waals surface area contributed by atoms with Gasteiger partial charge in [0.05, 0.1) is 10.5 Å². The zero-order chi connectivity index (χ0) is 18.6. The summed E-state index contributed by atoms with van der Waals surface area (Å²) in [6, 6.07) is 9.87. The number of nitrogens with zero attached hydrogens (tertiary/aromatic N) is 1. The first-order valence-electron chi connectivity index (χ1n) is 7.10. The molecule has 8 nitrogen and oxygen atoms in total. The Hall–Kier alpha value is -3.13. The molecule has 130 valence electrons. The Balaban J connectivity index is 2.08. The zero-order valence-electron chi connectivity index (χ0n) is 13.1. The van der Waals surface area contributed by atoms with Gasteiger partial charge in [0.25, 0.3) is 11.6 Å². The molecule has 2 rings (SSSR count). The molecule has 0 unspecified atom stereocenters. The summed E-state index contributed by atoms with van der Waals surface area (Å²) in [4.78, 5) is 34.5. The van der Waals surface area contributed by atoms with E-state index in [4.69, 9.17) is 22.1 Å². The van der Waals surface area contributed by atoms with E-state index in [0.717, 1.165) is 0 Å². The Morgan fingerprint density at radius 3 is 2.60 bits per heavy atom. The number of nitrogen functional groups attached to an aromatic ring is 1. The molecular formula is C16H14ClN3O5. The standard InChI is InChI=1S/C16H14ClN3O5/c1-9(25-16(22)11-7-6-10(17)8-12(11)18)15(21)19-13-4-2-3-5-14(13)20(23)24/h2-9H,18H2,1H3,(H,19,21)/t9-/m1/s1. The number of esters is 1. The van der Waals surface area contributed by atoms with Crippen LogP contribution >= 0.6 is 11.6 Å². The normalized spacial score (nSPS) is 11.4. The van der Waals surface area contributed by atoms with Crippen molar-refractivity contribution in [3.8, 4) is 0 Å². The molecule has 0 radical (unpaired) electrons. The van der Waals surface area contributed by atoms with Crippen LogP contribution in [0.3, 0.4) is 0 Å². The minimum absolute atomic E-state index is 0.00593. The summed E-state index contributed by atoms with van der Waals surface area (Å²) in [7, 11) is 0. The van der Waals surface area contributed by atoms with Gasteiger partial charge < -0.3 is 15.8 Å². The van der Waals surface area contributed by atoms with Gasteiger partial charge in [0.1, 0.15) is 5.69 Å². The van der Waals surface area contributed by atoms with Gasteiger partial charge in [-0.2, -0.15) is 0 Å². The second-order valence-electron chi connectivity index (χ2n) is 5.04. The average Bonchev–Trinajstić information content (AvgIpc) is 2.54. The van der Waals surface area contributed by atoms with E-state index in [1.54, 1.807) is 0 Å². The molecule has 0 fully saturated rings. The van der Waals surface area contributed by atoms with Gasteiger partial charge >= 0.3 is 5.97 Å². The number of halogens is 1. The van der Waals surface area contributed by atoms with Crippen molar-refractivity contribution in [3.63, 3.8) is 0 Å². The predicted octanol–water partition coefficient (Wildman–Crippen LogP) is 3.01. The second kappa shape index (κ2) is 7.63. The first-order chi connectivity index (χ1) is 11.8. The van der Waals surface area contributed by atoms with E-state index < -0.39 is 22.9 Å². The highest BCUT2D eigenvalue weighted by Gasteiger charge is 2.23. The molecule has 25 heavy (non-hydrogen) atoms. The molecule has 2 aromatic carbocycles. The second-order valence-corrected chi connectivity index (χ2v) is 5.48. The van der Waals surface area contributed by atoms with Crippen LogP contribution in [0.15, 0.2) is 42.5 Å². The molecule has 0 aliphatic carbocycles. The van der Waals surface area contributed by atoms with E-state index in [9.17, 15) is 19.7 Å². The van der Waals surface area contributed by atoms with Crippen molar-refractivity contribution in [2.45, 2.75) is 13.0 Å². The Morgan fingerprint density at radius 2 is 1.96 bits per heavy atom. The van der Waals surface area contributed by atoms with Crippen LogP contribution in [0.4, 0.5) is 17.1 Å². The molecule has 0 saturated heterocycles. The number of ether oxygens (including phenoxy) is 1. The van der Waals surface area contributed by atoms with Gasteiger partial charge in [-0.15, -0.1) is 0 Å². The van der Waals surface area contributed by atoms with Crippen LogP contribution in [0, 0.1) is 10.1 Å². The molecule has 0 spiro atoms. The summed E-state index contributed by atoms with van der Waals surface area (Å²) in [6.45, 7) is 1.34. The van der Waals surface area contributed by atoms with Crippen molar-refractivity contribution >= 4 is 40.5 Å². The van der Waals surface area contributed by atoms with E-state index in [1.807, 2.05) is 0 Å². The number of nitrogens with two attached hydrogens (primary N) is 1. The molecule has 1 atom stereocenters. The van der Waals surface area contributed by atoms with Gasteiger partial charge in [-0.25, -0.2) is 4.79 Å². The first kappa shape index (κ1) is 18.2. The molecule has 9 heteroatoms. The number of amides is 1. The van der Waals surface area contributed by atoms with E-state index in [0.29, 0.717) is 5.02 Å². The average molecular weight is 364 g/mol. The molecule has 0 aromatic heterocycles. The van der Waals surface area contributed by atoms with Crippen LogP contribution < -0.4 is 11.1 Å². The number of carbonyl (C=O) groups excluding carboxylic acids is 2. The molecule has 0 saturated carbocycles. The third kappa shape index (κ3) is 4.45. The number of nitro benzene ring substituents is 1. The summed E-state index contributed by atoms with van der Waals surface area (Å²) in [6.07, 6.45) is -1.19. The highest BCUT2D eigenvalue weighted by atomic mass is 35.5. The monoisotopic (exact) mass is 363 g/mol. The fourth-order valence-corrected chi connectivity index (χ4v) is 2.15. The van der Waals surface area contributed by atoms with Gasteiger partial charge in [-0.3, -0.25) is 14.9 Å². The maximum absolute atomic E-state index is 12.1. The smallest absolute Gasteiger partial charge is 0.341 e. The lowest BCUT2D eigenvalue weighted by molar-refractivity contribution is -0.383. The zero-order valence-corrected chi connectivity index (χ0v) is 13.8. The summed E-state index contributed by atoms with van der Waals surface area (Å²) in [5, 5.41) is 13.7. The van der Waals surface area contributed by atoms with Crippen molar-refractivity contribution in [1.29, 1.82) is 0 Å². The number of rotatable bonds is 5. The number of hydrogen-bond acceptors (Lipinski definition) is 6. The topological polar surface area (TPSA) is 125 Å². The van der Waals surface area contributed by atoms with Gasteiger partial charge in [-0.05, 0) is 31.2 Å². The van der Waals surface area contributed by atoms with Crippen LogP contribution in [0.25, 0.3) is 0 Å². The Kier molecular flexibility index (Phi) is 5.56. The van der Waals surface area contributed by atoms with Crippen molar-refractivity contribution in [1.82, 2.24) is 0 Å². The molecule has 3 N–H and O–H groups in total. The van der Waals surface area contributed by atoms with Gasteiger partial charge in [0.15, 0.2) is 6.10 Å². The maximum atomic E-state index is 12.1. The molecule has 0 aliphatic heterocycles. The van der Waals surface area contributed by atoms with Gasteiger partial charge in [0, 0.05) is 16.8 Å². The Bertz CT molecular complexity index is 840. The number of carbonyl (C=O) groups is 2. The fraction of sp³-hybridized carbons (Fsp3) is 0.125. The largest absolute Gasteiger partial charge is 0.449 e. The van der Waals surface area contributed by atoms with Gasteiger partial charge in [0.2, 0.25) is 0 Å². The van der Waals surface area contributed by atoms with E-state index in [-0.39, 0.29) is 22.6 Å². The van der Waals surface area contributed by atoms with Crippen LogP contribution in [0.5, 0.6) is 0 Å². The highest BCUT2D eigenvalue weighted by Crippen LogP contribution is 2.24. The van der Waals surface area contributed by atoms with Crippen LogP contribution in [0.1, 0.15) is 17.3 Å². The number of nitrogens with one attached hydrogen (secondary N) is 1. The van der Waals surface area contributed by atoms with E-state index in [2.05, 4.69) is 5.32 Å². The van der Waals surface area contributed by atoms with Crippen molar-refractivity contribution in [3.05, 3.63) is 63.2 Å². The number of benzene rings is 2. The Morgan fingerprint density at radius 1 is 1.28 bits per heavy atom. The number of anilines is 2.